The zero-order chi connectivity index (χ0) is 16.4. The van der Waals surface area contributed by atoms with Crippen molar-refractivity contribution in [1.82, 2.24) is 10.0 Å². The molecule has 1 heterocycles. The van der Waals surface area contributed by atoms with Gasteiger partial charge in [-0.2, -0.15) is 0 Å². The number of hydrogen-bond donors (Lipinski definition) is 2. The second-order valence-corrected chi connectivity index (χ2v) is 9.68. The van der Waals surface area contributed by atoms with Gasteiger partial charge >= 0.3 is 0 Å². The maximum atomic E-state index is 12.2. The molecule has 0 aromatic heterocycles. The van der Waals surface area contributed by atoms with E-state index in [1.165, 1.54) is 0 Å². The first kappa shape index (κ1) is 17.4. The molecule has 0 aliphatic carbocycles. The lowest BCUT2D eigenvalue weighted by molar-refractivity contribution is 0.542. The normalized spacial score (nSPS) is 21.1. The predicted molar refractivity (Wildman–Crippen MR) is 86.2 cm³/mol. The number of sulfone groups is 1. The van der Waals surface area contributed by atoms with Gasteiger partial charge in [0.2, 0.25) is 10.0 Å². The summed E-state index contributed by atoms with van der Waals surface area (Å²) in [7, 11) is -6.45. The Bertz CT molecular complexity index is 742. The van der Waals surface area contributed by atoms with Crippen LogP contribution in [0.3, 0.4) is 0 Å². The molecular weight excluding hydrogens is 324 g/mol. The van der Waals surface area contributed by atoms with Gasteiger partial charge in [0, 0.05) is 19.1 Å². The molecule has 8 heteroatoms. The first-order chi connectivity index (χ1) is 10.2. The average Bonchev–Trinajstić information content (AvgIpc) is 2.74. The second-order valence-electron chi connectivity index (χ2n) is 5.72. The summed E-state index contributed by atoms with van der Waals surface area (Å²) < 4.78 is 49.7. The highest BCUT2D eigenvalue weighted by Gasteiger charge is 2.27. The third kappa shape index (κ3) is 4.52. The van der Waals surface area contributed by atoms with Gasteiger partial charge < -0.3 is 5.32 Å². The standard InChI is InChI=1S/C14H22N2O4S2/c1-11-3-4-14(12(2)9-11)22(19,20)16-7-6-15-13-5-8-21(17,18)10-13/h3-4,9,13,15-16H,5-8,10H2,1-2H3/t13-/m0/s1. The van der Waals surface area contributed by atoms with Crippen LogP contribution in [0.15, 0.2) is 23.1 Å². The van der Waals surface area contributed by atoms with Crippen molar-refractivity contribution in [2.45, 2.75) is 31.2 Å². The van der Waals surface area contributed by atoms with Gasteiger partial charge in [-0.1, -0.05) is 17.7 Å². The monoisotopic (exact) mass is 346 g/mol. The van der Waals surface area contributed by atoms with Crippen LogP contribution in [0.2, 0.25) is 0 Å². The Morgan fingerprint density at radius 3 is 2.55 bits per heavy atom. The molecule has 0 radical (unpaired) electrons. The molecule has 1 aliphatic rings. The maximum Gasteiger partial charge on any atom is 0.240 e. The third-order valence-corrected chi connectivity index (χ3v) is 7.09. The van der Waals surface area contributed by atoms with E-state index in [1.807, 2.05) is 13.0 Å². The molecule has 0 amide bonds. The first-order valence-electron chi connectivity index (χ1n) is 7.20. The van der Waals surface area contributed by atoms with Crippen molar-refractivity contribution in [3.8, 4) is 0 Å². The number of sulfonamides is 1. The summed E-state index contributed by atoms with van der Waals surface area (Å²) in [5, 5.41) is 3.08. The molecule has 0 bridgehead atoms. The molecule has 124 valence electrons. The zero-order valence-corrected chi connectivity index (χ0v) is 14.4. The molecule has 1 aromatic rings. The minimum Gasteiger partial charge on any atom is -0.312 e. The predicted octanol–water partition coefficient (Wildman–Crippen LogP) is 0.358. The summed E-state index contributed by atoms with van der Waals surface area (Å²) >= 11 is 0. The molecule has 1 aliphatic heterocycles. The summed E-state index contributed by atoms with van der Waals surface area (Å²) in [6.07, 6.45) is 0.589. The molecule has 1 fully saturated rings. The number of hydrogen-bond acceptors (Lipinski definition) is 5. The SMILES string of the molecule is Cc1ccc(S(=O)(=O)NCCN[C@H]2CCS(=O)(=O)C2)c(C)c1. The molecule has 0 spiro atoms. The van der Waals surface area contributed by atoms with Gasteiger partial charge in [0.05, 0.1) is 16.4 Å². The van der Waals surface area contributed by atoms with Crippen LogP contribution in [0.25, 0.3) is 0 Å². The Balaban J connectivity index is 1.86. The Morgan fingerprint density at radius 1 is 1.23 bits per heavy atom. The van der Waals surface area contributed by atoms with Crippen LogP contribution in [0, 0.1) is 13.8 Å². The number of nitrogens with one attached hydrogen (secondary N) is 2. The van der Waals surface area contributed by atoms with E-state index in [-0.39, 0.29) is 29.0 Å². The highest BCUT2D eigenvalue weighted by Crippen LogP contribution is 2.16. The largest absolute Gasteiger partial charge is 0.312 e. The van der Waals surface area contributed by atoms with Crippen LogP contribution >= 0.6 is 0 Å². The Hall–Kier alpha value is -0.960. The Morgan fingerprint density at radius 2 is 1.95 bits per heavy atom. The zero-order valence-electron chi connectivity index (χ0n) is 12.8. The van der Waals surface area contributed by atoms with Gasteiger partial charge in [-0.25, -0.2) is 21.6 Å². The lowest BCUT2D eigenvalue weighted by Gasteiger charge is -2.12. The molecule has 6 nitrogen and oxygen atoms in total. The summed E-state index contributed by atoms with van der Waals surface area (Å²) in [4.78, 5) is 0.279. The minimum absolute atomic E-state index is 0.0735. The lowest BCUT2D eigenvalue weighted by atomic mass is 10.2. The summed E-state index contributed by atoms with van der Waals surface area (Å²) in [5.41, 5.74) is 1.72. The van der Waals surface area contributed by atoms with Crippen LogP contribution in [0.1, 0.15) is 17.5 Å². The topological polar surface area (TPSA) is 92.3 Å². The van der Waals surface area contributed by atoms with Crippen LogP contribution in [0.4, 0.5) is 0 Å². The van der Waals surface area contributed by atoms with Gasteiger partial charge in [-0.15, -0.1) is 0 Å². The van der Waals surface area contributed by atoms with E-state index in [0.29, 0.717) is 18.5 Å². The van der Waals surface area contributed by atoms with Gasteiger partial charge in [-0.3, -0.25) is 0 Å². The first-order valence-corrected chi connectivity index (χ1v) is 10.5. The van der Waals surface area contributed by atoms with E-state index in [4.69, 9.17) is 0 Å². The fourth-order valence-corrected chi connectivity index (χ4v) is 5.56. The van der Waals surface area contributed by atoms with Crippen molar-refractivity contribution in [2.75, 3.05) is 24.6 Å². The lowest BCUT2D eigenvalue weighted by Crippen LogP contribution is -2.37. The van der Waals surface area contributed by atoms with Gasteiger partial charge in [0.25, 0.3) is 0 Å². The molecule has 2 rings (SSSR count). The summed E-state index contributed by atoms with van der Waals surface area (Å²) in [5.74, 6) is 0.343. The van der Waals surface area contributed by atoms with Crippen LogP contribution < -0.4 is 10.0 Å². The van der Waals surface area contributed by atoms with E-state index < -0.39 is 19.9 Å². The molecule has 22 heavy (non-hydrogen) atoms. The highest BCUT2D eigenvalue weighted by atomic mass is 32.2. The molecular formula is C14H22N2O4S2. The van der Waals surface area contributed by atoms with Gasteiger partial charge in [0.15, 0.2) is 9.84 Å². The van der Waals surface area contributed by atoms with Crippen molar-refractivity contribution in [3.05, 3.63) is 29.3 Å². The second kappa shape index (κ2) is 6.66. The van der Waals surface area contributed by atoms with Crippen LogP contribution in [-0.4, -0.2) is 47.5 Å². The molecule has 0 saturated carbocycles. The third-order valence-electron chi connectivity index (χ3n) is 3.70. The number of rotatable bonds is 6. The van der Waals surface area contributed by atoms with Crippen molar-refractivity contribution in [2.24, 2.45) is 0 Å². The molecule has 1 saturated heterocycles. The van der Waals surface area contributed by atoms with E-state index in [1.54, 1.807) is 19.1 Å². The van der Waals surface area contributed by atoms with E-state index >= 15 is 0 Å². The van der Waals surface area contributed by atoms with E-state index in [0.717, 1.165) is 5.56 Å². The number of benzene rings is 1. The molecule has 0 unspecified atom stereocenters. The van der Waals surface area contributed by atoms with E-state index in [2.05, 4.69) is 10.0 Å². The molecule has 2 N–H and O–H groups in total. The molecule has 1 aromatic carbocycles. The highest BCUT2D eigenvalue weighted by molar-refractivity contribution is 7.91. The Labute approximate surface area is 132 Å². The summed E-state index contributed by atoms with van der Waals surface area (Å²) in [6, 6.07) is 5.12. The van der Waals surface area contributed by atoms with E-state index in [9.17, 15) is 16.8 Å². The minimum atomic E-state index is -3.53. The van der Waals surface area contributed by atoms with Gasteiger partial charge in [0.1, 0.15) is 0 Å². The Kier molecular flexibility index (Phi) is 5.26. The van der Waals surface area contributed by atoms with Crippen LogP contribution in [-0.2, 0) is 19.9 Å². The summed E-state index contributed by atoms with van der Waals surface area (Å²) in [6.45, 7) is 4.32. The van der Waals surface area contributed by atoms with Crippen LogP contribution in [0.5, 0.6) is 0 Å². The van der Waals surface area contributed by atoms with Crippen molar-refractivity contribution in [3.63, 3.8) is 0 Å². The fourth-order valence-electron chi connectivity index (χ4n) is 2.60. The van der Waals surface area contributed by atoms with Crippen molar-refractivity contribution < 1.29 is 16.8 Å². The fraction of sp³-hybridized carbons (Fsp3) is 0.571. The quantitative estimate of drug-likeness (QED) is 0.726. The average molecular weight is 346 g/mol. The van der Waals surface area contributed by atoms with Crippen molar-refractivity contribution >= 4 is 19.9 Å². The molecule has 1 atom stereocenters. The number of aryl methyl sites for hydroxylation is 2. The van der Waals surface area contributed by atoms with Gasteiger partial charge in [-0.05, 0) is 31.9 Å². The van der Waals surface area contributed by atoms with Crippen molar-refractivity contribution in [1.29, 1.82) is 0 Å². The smallest absolute Gasteiger partial charge is 0.240 e. The maximum absolute atomic E-state index is 12.2.